The molecule has 30 heavy (non-hydrogen) atoms. The molecule has 0 aliphatic rings. The molecule has 156 valence electrons. The predicted molar refractivity (Wildman–Crippen MR) is 112 cm³/mol. The van der Waals surface area contributed by atoms with Crippen molar-refractivity contribution >= 4 is 22.6 Å². The SMILES string of the molecule is COc1ccc(CCNC(=O)[C@@H](C)OC(=O)c2nn(C)c(=O)c3ccccc23)cc1. The Balaban J connectivity index is 1.61. The number of aryl methyl sites for hydroxylation is 1. The highest BCUT2D eigenvalue weighted by Crippen LogP contribution is 2.15. The number of aromatic nitrogens is 2. The number of carbonyl (C=O) groups is 2. The Morgan fingerprint density at radius 2 is 1.77 bits per heavy atom. The second kappa shape index (κ2) is 9.21. The second-order valence-corrected chi connectivity index (χ2v) is 6.76. The van der Waals surface area contributed by atoms with Crippen molar-refractivity contribution in [2.24, 2.45) is 7.05 Å². The summed E-state index contributed by atoms with van der Waals surface area (Å²) < 4.78 is 11.5. The van der Waals surface area contributed by atoms with E-state index in [4.69, 9.17) is 9.47 Å². The number of rotatable bonds is 7. The molecule has 1 N–H and O–H groups in total. The van der Waals surface area contributed by atoms with E-state index in [0.29, 0.717) is 23.7 Å². The van der Waals surface area contributed by atoms with Crippen LogP contribution in [0.1, 0.15) is 23.0 Å². The normalized spacial score (nSPS) is 11.7. The van der Waals surface area contributed by atoms with E-state index in [0.717, 1.165) is 16.0 Å². The van der Waals surface area contributed by atoms with Gasteiger partial charge in [-0.3, -0.25) is 9.59 Å². The Kier molecular flexibility index (Phi) is 6.46. The lowest BCUT2D eigenvalue weighted by Gasteiger charge is -2.14. The lowest BCUT2D eigenvalue weighted by molar-refractivity contribution is -0.129. The summed E-state index contributed by atoms with van der Waals surface area (Å²) in [5.41, 5.74) is 0.721. The molecule has 3 rings (SSSR count). The lowest BCUT2D eigenvalue weighted by Crippen LogP contribution is -2.37. The van der Waals surface area contributed by atoms with Gasteiger partial charge in [0, 0.05) is 19.0 Å². The molecular weight excluding hydrogens is 386 g/mol. The summed E-state index contributed by atoms with van der Waals surface area (Å²) >= 11 is 0. The van der Waals surface area contributed by atoms with Gasteiger partial charge in [0.15, 0.2) is 11.8 Å². The smallest absolute Gasteiger partial charge is 0.360 e. The van der Waals surface area contributed by atoms with Crippen LogP contribution in [0.15, 0.2) is 53.3 Å². The zero-order valence-electron chi connectivity index (χ0n) is 17.0. The summed E-state index contributed by atoms with van der Waals surface area (Å²) in [6.07, 6.45) is -0.380. The van der Waals surface area contributed by atoms with E-state index in [1.165, 1.54) is 14.0 Å². The standard InChI is InChI=1S/C22H23N3O5/c1-14(20(26)23-13-12-15-8-10-16(29-3)11-9-15)30-22(28)19-17-6-4-5-7-18(17)21(27)25(2)24-19/h4-11,14H,12-13H2,1-3H3,(H,23,26)/t14-/m1/s1. The highest BCUT2D eigenvalue weighted by Gasteiger charge is 2.22. The van der Waals surface area contributed by atoms with Crippen LogP contribution in [0.25, 0.3) is 10.8 Å². The molecule has 0 saturated heterocycles. The average Bonchev–Trinajstić information content (AvgIpc) is 2.76. The molecule has 8 heteroatoms. The van der Waals surface area contributed by atoms with E-state index >= 15 is 0 Å². The number of benzene rings is 2. The first kappa shape index (κ1) is 21.0. The van der Waals surface area contributed by atoms with E-state index < -0.39 is 18.0 Å². The molecule has 0 saturated carbocycles. The molecule has 0 radical (unpaired) electrons. The molecule has 8 nitrogen and oxygen atoms in total. The number of carbonyl (C=O) groups excluding carboxylic acids is 2. The van der Waals surface area contributed by atoms with E-state index in [1.807, 2.05) is 24.3 Å². The first-order chi connectivity index (χ1) is 14.4. The lowest BCUT2D eigenvalue weighted by atomic mass is 10.1. The summed E-state index contributed by atoms with van der Waals surface area (Å²) in [5, 5.41) is 7.51. The Bertz CT molecular complexity index is 1120. The van der Waals surface area contributed by atoms with E-state index in [1.54, 1.807) is 31.4 Å². The van der Waals surface area contributed by atoms with Crippen molar-refractivity contribution < 1.29 is 19.1 Å². The van der Waals surface area contributed by atoms with Crippen LogP contribution in [-0.4, -0.2) is 41.4 Å². The van der Waals surface area contributed by atoms with Crippen molar-refractivity contribution in [3.8, 4) is 5.75 Å². The zero-order chi connectivity index (χ0) is 21.7. The molecule has 1 aromatic heterocycles. The Hall–Kier alpha value is -3.68. The summed E-state index contributed by atoms with van der Waals surface area (Å²) in [4.78, 5) is 37.1. The van der Waals surface area contributed by atoms with E-state index in [-0.39, 0.29) is 11.3 Å². The van der Waals surface area contributed by atoms with Crippen molar-refractivity contribution in [2.45, 2.75) is 19.4 Å². The fourth-order valence-electron chi connectivity index (χ4n) is 2.99. The zero-order valence-corrected chi connectivity index (χ0v) is 17.0. The third kappa shape index (κ3) is 4.65. The Morgan fingerprint density at radius 1 is 1.10 bits per heavy atom. The molecule has 1 atom stereocenters. The van der Waals surface area contributed by atoms with Gasteiger partial charge in [0.05, 0.1) is 12.5 Å². The van der Waals surface area contributed by atoms with Crippen LogP contribution in [0.5, 0.6) is 5.75 Å². The molecule has 0 bridgehead atoms. The number of hydrogen-bond donors (Lipinski definition) is 1. The third-order valence-electron chi connectivity index (χ3n) is 4.67. The minimum absolute atomic E-state index is 0.00872. The number of hydrogen-bond acceptors (Lipinski definition) is 6. The minimum atomic E-state index is -1.01. The van der Waals surface area contributed by atoms with Crippen LogP contribution in [0.2, 0.25) is 0 Å². The Morgan fingerprint density at radius 3 is 2.43 bits per heavy atom. The minimum Gasteiger partial charge on any atom is -0.497 e. The number of ether oxygens (including phenoxy) is 2. The van der Waals surface area contributed by atoms with Crippen LogP contribution >= 0.6 is 0 Å². The first-order valence-corrected chi connectivity index (χ1v) is 9.48. The maximum atomic E-state index is 12.6. The molecule has 0 fully saturated rings. The van der Waals surface area contributed by atoms with Crippen LogP contribution in [0.4, 0.5) is 0 Å². The maximum Gasteiger partial charge on any atom is 0.360 e. The molecule has 0 aliphatic heterocycles. The van der Waals surface area contributed by atoms with Gasteiger partial charge in [0.2, 0.25) is 0 Å². The largest absolute Gasteiger partial charge is 0.497 e. The topological polar surface area (TPSA) is 99.5 Å². The van der Waals surface area contributed by atoms with E-state index in [9.17, 15) is 14.4 Å². The van der Waals surface area contributed by atoms with Gasteiger partial charge >= 0.3 is 5.97 Å². The fourth-order valence-corrected chi connectivity index (χ4v) is 2.99. The summed E-state index contributed by atoms with van der Waals surface area (Å²) in [6, 6.07) is 14.2. The number of esters is 1. The van der Waals surface area contributed by atoms with E-state index in [2.05, 4.69) is 10.4 Å². The molecule has 0 unspecified atom stereocenters. The van der Waals surface area contributed by atoms with Crippen molar-refractivity contribution in [3.05, 3.63) is 70.1 Å². The highest BCUT2D eigenvalue weighted by atomic mass is 16.5. The number of nitrogens with zero attached hydrogens (tertiary/aromatic N) is 2. The van der Waals surface area contributed by atoms with Gasteiger partial charge in [0.25, 0.3) is 11.5 Å². The number of nitrogens with one attached hydrogen (secondary N) is 1. The predicted octanol–water partition coefficient (Wildman–Crippen LogP) is 1.85. The van der Waals surface area contributed by atoms with Crippen LogP contribution in [0.3, 0.4) is 0 Å². The van der Waals surface area contributed by atoms with Gasteiger partial charge in [-0.15, -0.1) is 0 Å². The summed E-state index contributed by atoms with van der Waals surface area (Å²) in [5.74, 6) is -0.409. The number of amides is 1. The summed E-state index contributed by atoms with van der Waals surface area (Å²) in [6.45, 7) is 1.89. The highest BCUT2D eigenvalue weighted by molar-refractivity contribution is 6.02. The van der Waals surface area contributed by atoms with Gasteiger partial charge < -0.3 is 14.8 Å². The second-order valence-electron chi connectivity index (χ2n) is 6.76. The van der Waals surface area contributed by atoms with Crippen molar-refractivity contribution in [1.29, 1.82) is 0 Å². The Labute approximate surface area is 173 Å². The molecule has 1 heterocycles. The van der Waals surface area contributed by atoms with Gasteiger partial charge in [0.1, 0.15) is 5.75 Å². The molecule has 0 spiro atoms. The quantitative estimate of drug-likeness (QED) is 0.598. The van der Waals surface area contributed by atoms with Crippen molar-refractivity contribution in [2.75, 3.05) is 13.7 Å². The maximum absolute atomic E-state index is 12.6. The molecule has 1 amide bonds. The van der Waals surface area contributed by atoms with Crippen LogP contribution in [-0.2, 0) is 23.0 Å². The van der Waals surface area contributed by atoms with Crippen molar-refractivity contribution in [3.63, 3.8) is 0 Å². The number of fused-ring (bicyclic) bond motifs is 1. The van der Waals surface area contributed by atoms with Crippen LogP contribution < -0.4 is 15.6 Å². The van der Waals surface area contributed by atoms with Gasteiger partial charge in [-0.2, -0.15) is 5.10 Å². The monoisotopic (exact) mass is 409 g/mol. The molecule has 3 aromatic rings. The van der Waals surface area contributed by atoms with Crippen LogP contribution in [0, 0.1) is 0 Å². The first-order valence-electron chi connectivity index (χ1n) is 9.48. The third-order valence-corrected chi connectivity index (χ3v) is 4.67. The van der Waals surface area contributed by atoms with Gasteiger partial charge in [-0.05, 0) is 37.1 Å². The molecule has 0 aliphatic carbocycles. The summed E-state index contributed by atoms with van der Waals surface area (Å²) in [7, 11) is 3.06. The molecular formula is C22H23N3O5. The molecule has 2 aromatic carbocycles. The van der Waals surface area contributed by atoms with Gasteiger partial charge in [-0.25, -0.2) is 9.48 Å². The number of methoxy groups -OCH3 is 1. The fraction of sp³-hybridized carbons (Fsp3) is 0.273. The van der Waals surface area contributed by atoms with Gasteiger partial charge in [-0.1, -0.05) is 30.3 Å². The van der Waals surface area contributed by atoms with Crippen molar-refractivity contribution in [1.82, 2.24) is 15.1 Å². The average molecular weight is 409 g/mol.